The van der Waals surface area contributed by atoms with Crippen molar-refractivity contribution in [2.24, 2.45) is 11.1 Å². The first-order valence-electron chi connectivity index (χ1n) is 4.57. The number of nitrogens with zero attached hydrogens (tertiary/aromatic N) is 1. The molecule has 0 aromatic heterocycles. The van der Waals surface area contributed by atoms with Gasteiger partial charge in [0.2, 0.25) is 0 Å². The zero-order valence-corrected chi connectivity index (χ0v) is 8.36. The lowest BCUT2D eigenvalue weighted by Gasteiger charge is -2.05. The Balaban J connectivity index is 3.22. The minimum atomic E-state index is 0.278. The number of ether oxygens (including phenoxy) is 1. The summed E-state index contributed by atoms with van der Waals surface area (Å²) >= 11 is 0. The third kappa shape index (κ3) is 8.79. The first kappa shape index (κ1) is 12.7. The molecule has 0 heterocycles. The van der Waals surface area contributed by atoms with Crippen molar-refractivity contribution in [2.45, 2.75) is 19.8 Å². The third-order valence-electron chi connectivity index (χ3n) is 1.37. The van der Waals surface area contributed by atoms with E-state index in [1.807, 2.05) is 0 Å². The van der Waals surface area contributed by atoms with Crippen molar-refractivity contribution in [1.29, 1.82) is 0 Å². The van der Waals surface area contributed by atoms with Crippen LogP contribution < -0.4 is 11.1 Å². The van der Waals surface area contributed by atoms with Gasteiger partial charge in [0.1, 0.15) is 5.82 Å². The molecule has 0 rings (SSSR count). The summed E-state index contributed by atoms with van der Waals surface area (Å²) in [4.78, 5) is 13.6. The van der Waals surface area contributed by atoms with Crippen LogP contribution in [0.2, 0.25) is 0 Å². The molecule has 6 heteroatoms. The zero-order chi connectivity index (χ0) is 10.6. The van der Waals surface area contributed by atoms with Gasteiger partial charge in [-0.3, -0.25) is 0 Å². The highest BCUT2D eigenvalue weighted by Gasteiger charge is 1.90. The summed E-state index contributed by atoms with van der Waals surface area (Å²) < 4.78 is 5.25. The van der Waals surface area contributed by atoms with Crippen molar-refractivity contribution < 1.29 is 9.57 Å². The molecule has 82 valence electrons. The molecule has 0 bridgehead atoms. The Morgan fingerprint density at radius 2 is 2.36 bits per heavy atom. The molecule has 0 aliphatic carbocycles. The second-order valence-electron chi connectivity index (χ2n) is 2.65. The molecule has 0 fully saturated rings. The van der Waals surface area contributed by atoms with Crippen LogP contribution in [0.4, 0.5) is 0 Å². The Hall–Kier alpha value is -1.30. The van der Waals surface area contributed by atoms with Gasteiger partial charge in [0.05, 0.1) is 0 Å². The van der Waals surface area contributed by atoms with E-state index in [0.717, 1.165) is 25.7 Å². The van der Waals surface area contributed by atoms with Gasteiger partial charge >= 0.3 is 0 Å². The Bertz CT molecular complexity index is 173. The van der Waals surface area contributed by atoms with Gasteiger partial charge in [-0.2, -0.15) is 0 Å². The molecular formula is C8H17N3O3. The average molecular weight is 203 g/mol. The highest BCUT2D eigenvalue weighted by atomic mass is 16.7. The standard InChI is InChI=1S/C8H17N3O3/c1-2-5-13-6-3-4-10-8(9)7-14-11-12/h7,10H,2-6,9H2,1H3/b8-7-. The predicted octanol–water partition coefficient (Wildman–Crippen LogP) is 0.848. The summed E-state index contributed by atoms with van der Waals surface area (Å²) in [5, 5.41) is 5.00. The van der Waals surface area contributed by atoms with Gasteiger partial charge < -0.3 is 20.6 Å². The van der Waals surface area contributed by atoms with Crippen LogP contribution in [0.25, 0.3) is 0 Å². The molecule has 3 N–H and O–H groups in total. The lowest BCUT2D eigenvalue weighted by molar-refractivity contribution is 0.132. The van der Waals surface area contributed by atoms with Gasteiger partial charge in [-0.1, -0.05) is 6.92 Å². The largest absolute Gasteiger partial charge is 0.383 e. The molecule has 0 aliphatic rings. The van der Waals surface area contributed by atoms with Crippen LogP contribution in [0.5, 0.6) is 0 Å². The molecule has 0 aromatic carbocycles. The molecule has 0 aliphatic heterocycles. The zero-order valence-electron chi connectivity index (χ0n) is 8.36. The molecule has 0 saturated heterocycles. The van der Waals surface area contributed by atoms with Crippen molar-refractivity contribution in [3.63, 3.8) is 0 Å². The minimum Gasteiger partial charge on any atom is -0.383 e. The summed E-state index contributed by atoms with van der Waals surface area (Å²) in [7, 11) is 0. The molecule has 6 nitrogen and oxygen atoms in total. The molecule has 0 saturated carbocycles. The molecule has 0 atom stereocenters. The fraction of sp³-hybridized carbons (Fsp3) is 0.750. The van der Waals surface area contributed by atoms with Gasteiger partial charge in [-0.25, -0.2) is 0 Å². The quantitative estimate of drug-likeness (QED) is 0.251. The molecule has 0 amide bonds. The first-order valence-corrected chi connectivity index (χ1v) is 4.57. The molecule has 0 spiro atoms. The van der Waals surface area contributed by atoms with Crippen LogP contribution in [-0.4, -0.2) is 19.8 Å². The predicted molar refractivity (Wildman–Crippen MR) is 52.9 cm³/mol. The van der Waals surface area contributed by atoms with E-state index in [1.54, 1.807) is 0 Å². The van der Waals surface area contributed by atoms with Crippen molar-refractivity contribution in [3.05, 3.63) is 17.0 Å². The van der Waals surface area contributed by atoms with Crippen molar-refractivity contribution in [1.82, 2.24) is 5.32 Å². The van der Waals surface area contributed by atoms with Gasteiger partial charge in [0.15, 0.2) is 11.6 Å². The number of hydrogen-bond donors (Lipinski definition) is 2. The number of nitrogens with one attached hydrogen (secondary N) is 1. The van der Waals surface area contributed by atoms with Crippen molar-refractivity contribution in [3.8, 4) is 0 Å². The Morgan fingerprint density at radius 1 is 1.57 bits per heavy atom. The monoisotopic (exact) mass is 203 g/mol. The molecule has 0 aromatic rings. The molecule has 14 heavy (non-hydrogen) atoms. The van der Waals surface area contributed by atoms with Gasteiger partial charge in [0.25, 0.3) is 0 Å². The van der Waals surface area contributed by atoms with E-state index in [0.29, 0.717) is 13.2 Å². The summed E-state index contributed by atoms with van der Waals surface area (Å²) in [6.07, 6.45) is 2.93. The van der Waals surface area contributed by atoms with Crippen molar-refractivity contribution >= 4 is 0 Å². The van der Waals surface area contributed by atoms with E-state index in [2.05, 4.69) is 22.4 Å². The van der Waals surface area contributed by atoms with Crippen LogP contribution in [-0.2, 0) is 9.57 Å². The minimum absolute atomic E-state index is 0.278. The lowest BCUT2D eigenvalue weighted by Crippen LogP contribution is -2.22. The summed E-state index contributed by atoms with van der Waals surface area (Å²) in [6.45, 7) is 4.21. The van der Waals surface area contributed by atoms with Crippen LogP contribution in [0.1, 0.15) is 19.8 Å². The second-order valence-corrected chi connectivity index (χ2v) is 2.65. The highest BCUT2D eigenvalue weighted by Crippen LogP contribution is 1.86. The maximum atomic E-state index is 9.54. The van der Waals surface area contributed by atoms with E-state index >= 15 is 0 Å². The second kappa shape index (κ2) is 9.79. The van der Waals surface area contributed by atoms with Crippen LogP contribution in [0, 0.1) is 4.91 Å². The topological polar surface area (TPSA) is 85.9 Å². The maximum Gasteiger partial charge on any atom is 0.165 e. The molecule has 0 radical (unpaired) electrons. The summed E-state index contributed by atoms with van der Waals surface area (Å²) in [5.41, 5.74) is 5.39. The lowest BCUT2D eigenvalue weighted by atomic mass is 10.4. The normalized spacial score (nSPS) is 11.1. The van der Waals surface area contributed by atoms with Crippen LogP contribution >= 0.6 is 0 Å². The number of nitrogens with two attached hydrogens (primary N) is 1. The van der Waals surface area contributed by atoms with Gasteiger partial charge in [-0.05, 0) is 12.8 Å². The van der Waals surface area contributed by atoms with E-state index in [9.17, 15) is 4.91 Å². The smallest absolute Gasteiger partial charge is 0.165 e. The summed E-state index contributed by atoms with van der Waals surface area (Å²) in [6, 6.07) is 0. The van der Waals surface area contributed by atoms with Gasteiger partial charge in [-0.15, -0.1) is 4.91 Å². The Labute approximate surface area is 83.4 Å². The first-order chi connectivity index (χ1) is 6.81. The molecule has 0 unspecified atom stereocenters. The maximum absolute atomic E-state index is 9.54. The highest BCUT2D eigenvalue weighted by molar-refractivity contribution is 4.87. The third-order valence-corrected chi connectivity index (χ3v) is 1.37. The van der Waals surface area contributed by atoms with Gasteiger partial charge in [0, 0.05) is 19.8 Å². The fourth-order valence-corrected chi connectivity index (χ4v) is 0.773. The van der Waals surface area contributed by atoms with E-state index in [1.165, 1.54) is 0 Å². The molecular weight excluding hydrogens is 186 g/mol. The number of hydrogen-bond acceptors (Lipinski definition) is 6. The Morgan fingerprint density at radius 3 is 3.00 bits per heavy atom. The Kier molecular flexibility index (Phi) is 8.88. The number of rotatable bonds is 9. The van der Waals surface area contributed by atoms with Crippen LogP contribution in [0.15, 0.2) is 17.4 Å². The van der Waals surface area contributed by atoms with Crippen LogP contribution in [0.3, 0.4) is 0 Å². The van der Waals surface area contributed by atoms with Crippen molar-refractivity contribution in [2.75, 3.05) is 19.8 Å². The van der Waals surface area contributed by atoms with E-state index in [-0.39, 0.29) is 5.82 Å². The van der Waals surface area contributed by atoms with E-state index in [4.69, 9.17) is 10.5 Å². The SMILES string of the molecule is CCCOCCCN/C(N)=C\ON=O. The summed E-state index contributed by atoms with van der Waals surface area (Å²) in [5.74, 6) is 0.278. The van der Waals surface area contributed by atoms with E-state index < -0.39 is 0 Å². The fourth-order valence-electron chi connectivity index (χ4n) is 0.773. The average Bonchev–Trinajstić information content (AvgIpc) is 2.20.